The molecular weight excluding hydrogens is 438 g/mol. The van der Waals surface area contributed by atoms with Crippen LogP contribution in [0.4, 0.5) is 5.69 Å². The number of carbonyl (C=O) groups excluding carboxylic acids is 1. The first-order chi connectivity index (χ1) is 14.8. The minimum Gasteiger partial charge on any atom is -0.507 e. The second-order valence-electron chi connectivity index (χ2n) is 6.63. The third kappa shape index (κ3) is 5.42. The zero-order chi connectivity index (χ0) is 22.4. The number of aromatic hydroxyl groups is 1. The number of anilines is 1. The molecule has 160 valence electrons. The van der Waals surface area contributed by atoms with Crippen molar-refractivity contribution in [1.29, 1.82) is 0 Å². The molecular formula is C22H20ClN3O4S. The van der Waals surface area contributed by atoms with Gasteiger partial charge >= 0.3 is 0 Å². The van der Waals surface area contributed by atoms with Crippen molar-refractivity contribution < 1.29 is 18.3 Å². The predicted molar refractivity (Wildman–Crippen MR) is 121 cm³/mol. The standard InChI is InChI=1S/C22H20ClN3O4S/c1-16-10-12-18(13-11-16)31(29,30)26(20-8-4-3-7-19(20)23)15-22(28)25-24-14-17-6-2-5-9-21(17)27/h2-14,27H,15H2,1H3,(H,25,28)/b24-14-. The minimum atomic E-state index is -4.08. The molecule has 3 rings (SSSR count). The van der Waals surface area contributed by atoms with Crippen molar-refractivity contribution in [3.05, 3.63) is 88.9 Å². The molecule has 3 aromatic rings. The van der Waals surface area contributed by atoms with Gasteiger partial charge in [-0.15, -0.1) is 0 Å². The van der Waals surface area contributed by atoms with Crippen LogP contribution in [0.2, 0.25) is 5.02 Å². The number of rotatable bonds is 7. The summed E-state index contributed by atoms with van der Waals surface area (Å²) in [6.07, 6.45) is 1.27. The quantitative estimate of drug-likeness (QED) is 0.417. The first-order valence-corrected chi connectivity index (χ1v) is 11.0. The fourth-order valence-corrected chi connectivity index (χ4v) is 4.46. The van der Waals surface area contributed by atoms with E-state index in [1.807, 2.05) is 6.92 Å². The summed E-state index contributed by atoms with van der Waals surface area (Å²) in [5, 5.41) is 13.7. The van der Waals surface area contributed by atoms with Crippen LogP contribution in [0.1, 0.15) is 11.1 Å². The Bertz CT molecular complexity index is 1210. The molecule has 0 saturated carbocycles. The fourth-order valence-electron chi connectivity index (χ4n) is 2.73. The Kier molecular flexibility index (Phi) is 6.94. The molecule has 0 radical (unpaired) electrons. The number of hydrogen-bond donors (Lipinski definition) is 2. The van der Waals surface area contributed by atoms with E-state index in [1.54, 1.807) is 48.5 Å². The molecule has 0 aliphatic carbocycles. The lowest BCUT2D eigenvalue weighted by molar-refractivity contribution is -0.119. The average molecular weight is 458 g/mol. The number of aryl methyl sites for hydroxylation is 1. The van der Waals surface area contributed by atoms with E-state index in [0.29, 0.717) is 5.56 Å². The van der Waals surface area contributed by atoms with Crippen LogP contribution in [0.5, 0.6) is 5.75 Å². The number of hydrazone groups is 1. The highest BCUT2D eigenvalue weighted by atomic mass is 35.5. The number of sulfonamides is 1. The van der Waals surface area contributed by atoms with E-state index >= 15 is 0 Å². The van der Waals surface area contributed by atoms with Gasteiger partial charge in [0.15, 0.2) is 0 Å². The highest BCUT2D eigenvalue weighted by molar-refractivity contribution is 7.92. The van der Waals surface area contributed by atoms with Gasteiger partial charge in [0.2, 0.25) is 0 Å². The number of nitrogens with one attached hydrogen (secondary N) is 1. The number of hydrogen-bond acceptors (Lipinski definition) is 5. The summed E-state index contributed by atoms with van der Waals surface area (Å²) in [4.78, 5) is 12.5. The van der Waals surface area contributed by atoms with Crippen LogP contribution >= 0.6 is 11.6 Å². The molecule has 0 aliphatic heterocycles. The van der Waals surface area contributed by atoms with Gasteiger partial charge in [0.25, 0.3) is 15.9 Å². The van der Waals surface area contributed by atoms with Crippen LogP contribution in [0.25, 0.3) is 0 Å². The van der Waals surface area contributed by atoms with Crippen LogP contribution in [0, 0.1) is 6.92 Å². The number of halogens is 1. The zero-order valence-electron chi connectivity index (χ0n) is 16.6. The first-order valence-electron chi connectivity index (χ1n) is 9.23. The molecule has 3 aromatic carbocycles. The minimum absolute atomic E-state index is 0.000131. The van der Waals surface area contributed by atoms with E-state index in [0.717, 1.165) is 9.87 Å². The van der Waals surface area contributed by atoms with Gasteiger partial charge < -0.3 is 5.11 Å². The molecule has 0 atom stereocenters. The smallest absolute Gasteiger partial charge is 0.264 e. The molecule has 7 nitrogen and oxygen atoms in total. The number of carbonyl (C=O) groups is 1. The van der Waals surface area contributed by atoms with E-state index in [-0.39, 0.29) is 21.4 Å². The number of phenolic OH excluding ortho intramolecular Hbond substituents is 1. The topological polar surface area (TPSA) is 99.1 Å². The Hall–Kier alpha value is -3.36. The highest BCUT2D eigenvalue weighted by Gasteiger charge is 2.28. The molecule has 9 heteroatoms. The van der Waals surface area contributed by atoms with Gasteiger partial charge in [0, 0.05) is 5.56 Å². The summed E-state index contributed by atoms with van der Waals surface area (Å²) in [6.45, 7) is 1.30. The van der Waals surface area contributed by atoms with Crippen molar-refractivity contribution in [2.75, 3.05) is 10.8 Å². The molecule has 0 bridgehead atoms. The van der Waals surface area contributed by atoms with Gasteiger partial charge in [-0.3, -0.25) is 9.10 Å². The van der Waals surface area contributed by atoms with Gasteiger partial charge in [-0.25, -0.2) is 13.8 Å². The molecule has 2 N–H and O–H groups in total. The largest absolute Gasteiger partial charge is 0.507 e. The molecule has 0 aliphatic rings. The maximum absolute atomic E-state index is 13.3. The summed E-state index contributed by atoms with van der Waals surface area (Å²) in [6, 6.07) is 19.1. The maximum atomic E-state index is 13.3. The van der Waals surface area contributed by atoms with E-state index in [4.69, 9.17) is 11.6 Å². The second kappa shape index (κ2) is 9.63. The van der Waals surface area contributed by atoms with Crippen molar-refractivity contribution in [1.82, 2.24) is 5.43 Å². The van der Waals surface area contributed by atoms with E-state index in [2.05, 4.69) is 10.5 Å². The summed E-state index contributed by atoms with van der Waals surface area (Å²) < 4.78 is 27.5. The number of phenols is 1. The molecule has 0 saturated heterocycles. The molecule has 0 spiro atoms. The summed E-state index contributed by atoms with van der Waals surface area (Å²) >= 11 is 6.23. The average Bonchev–Trinajstić information content (AvgIpc) is 2.74. The Morgan fingerprint density at radius 1 is 1.06 bits per heavy atom. The van der Waals surface area contributed by atoms with Crippen molar-refractivity contribution >= 4 is 39.4 Å². The Morgan fingerprint density at radius 2 is 1.71 bits per heavy atom. The monoisotopic (exact) mass is 457 g/mol. The first kappa shape index (κ1) is 22.3. The lowest BCUT2D eigenvalue weighted by Crippen LogP contribution is -2.39. The number of nitrogens with zero attached hydrogens (tertiary/aromatic N) is 2. The number of amides is 1. The van der Waals surface area contributed by atoms with E-state index in [9.17, 15) is 18.3 Å². The third-order valence-electron chi connectivity index (χ3n) is 4.35. The number of para-hydroxylation sites is 2. The SMILES string of the molecule is Cc1ccc(S(=O)(=O)N(CC(=O)N/N=C\c2ccccc2O)c2ccccc2Cl)cc1. The van der Waals surface area contributed by atoms with Gasteiger partial charge in [0.1, 0.15) is 12.3 Å². The third-order valence-corrected chi connectivity index (χ3v) is 6.44. The van der Waals surface area contributed by atoms with Crippen molar-refractivity contribution in [3.8, 4) is 5.75 Å². The Labute approximate surface area is 185 Å². The van der Waals surface area contributed by atoms with Crippen LogP contribution < -0.4 is 9.73 Å². The van der Waals surface area contributed by atoms with Crippen LogP contribution in [-0.2, 0) is 14.8 Å². The lowest BCUT2D eigenvalue weighted by Gasteiger charge is -2.24. The summed E-state index contributed by atoms with van der Waals surface area (Å²) in [5.74, 6) is -0.678. The molecule has 0 aromatic heterocycles. The molecule has 0 heterocycles. The van der Waals surface area contributed by atoms with Crippen molar-refractivity contribution in [2.24, 2.45) is 5.10 Å². The van der Waals surface area contributed by atoms with Gasteiger partial charge in [-0.05, 0) is 43.3 Å². The highest BCUT2D eigenvalue weighted by Crippen LogP contribution is 2.30. The van der Waals surface area contributed by atoms with Crippen LogP contribution in [-0.4, -0.2) is 32.2 Å². The molecule has 0 fully saturated rings. The normalized spacial score (nSPS) is 11.4. The lowest BCUT2D eigenvalue weighted by atomic mass is 10.2. The van der Waals surface area contributed by atoms with Gasteiger partial charge in [0.05, 0.1) is 21.8 Å². The number of benzene rings is 3. The van der Waals surface area contributed by atoms with Crippen LogP contribution in [0.15, 0.2) is 82.8 Å². The Balaban J connectivity index is 1.87. The van der Waals surface area contributed by atoms with Crippen molar-refractivity contribution in [2.45, 2.75) is 11.8 Å². The van der Waals surface area contributed by atoms with Crippen molar-refractivity contribution in [3.63, 3.8) is 0 Å². The second-order valence-corrected chi connectivity index (χ2v) is 8.90. The maximum Gasteiger partial charge on any atom is 0.264 e. The van der Waals surface area contributed by atoms with Crippen LogP contribution in [0.3, 0.4) is 0 Å². The zero-order valence-corrected chi connectivity index (χ0v) is 18.1. The van der Waals surface area contributed by atoms with E-state index < -0.39 is 22.5 Å². The summed E-state index contributed by atoms with van der Waals surface area (Å²) in [5.41, 5.74) is 3.76. The van der Waals surface area contributed by atoms with Gasteiger partial charge in [-0.1, -0.05) is 53.6 Å². The Morgan fingerprint density at radius 3 is 2.39 bits per heavy atom. The predicted octanol–water partition coefficient (Wildman–Crippen LogP) is 3.70. The van der Waals surface area contributed by atoms with E-state index in [1.165, 1.54) is 30.5 Å². The fraction of sp³-hybridized carbons (Fsp3) is 0.0909. The molecule has 1 amide bonds. The summed E-state index contributed by atoms with van der Waals surface area (Å²) in [7, 11) is -4.08. The molecule has 0 unspecified atom stereocenters. The molecule has 31 heavy (non-hydrogen) atoms. The van der Waals surface area contributed by atoms with Gasteiger partial charge in [-0.2, -0.15) is 5.10 Å².